The molecule has 0 saturated carbocycles. The van der Waals surface area contributed by atoms with Gasteiger partial charge >= 0.3 is 0 Å². The van der Waals surface area contributed by atoms with Crippen molar-refractivity contribution in [2.75, 3.05) is 13.7 Å². The highest BCUT2D eigenvalue weighted by Gasteiger charge is 2.03. The molecule has 0 heterocycles. The number of nitrogens with zero attached hydrogens (tertiary/aromatic N) is 1. The first-order valence-electron chi connectivity index (χ1n) is 4.28. The molecule has 0 aliphatic heterocycles. The van der Waals surface area contributed by atoms with E-state index in [2.05, 4.69) is 16.6 Å². The third-order valence-electron chi connectivity index (χ3n) is 1.53. The van der Waals surface area contributed by atoms with Gasteiger partial charge in [-0.3, -0.25) is 0 Å². The van der Waals surface area contributed by atoms with Gasteiger partial charge in [-0.15, -0.1) is 0 Å². The van der Waals surface area contributed by atoms with Crippen molar-refractivity contribution in [1.82, 2.24) is 0 Å². The molecule has 0 saturated heterocycles. The highest BCUT2D eigenvalue weighted by Crippen LogP contribution is 2.02. The summed E-state index contributed by atoms with van der Waals surface area (Å²) in [5.41, 5.74) is 0.885. The zero-order valence-corrected chi connectivity index (χ0v) is 8.14. The zero-order chi connectivity index (χ0) is 10.2. The largest absolute Gasteiger partial charge is 0.471 e. The van der Waals surface area contributed by atoms with Crippen LogP contribution in [0.5, 0.6) is 0 Å². The molecular formula is C11H13NO2. The summed E-state index contributed by atoms with van der Waals surface area (Å²) in [7, 11) is 1.49. The molecule has 0 aliphatic rings. The minimum Gasteiger partial charge on any atom is -0.471 e. The van der Waals surface area contributed by atoms with Crippen molar-refractivity contribution in [1.29, 1.82) is 0 Å². The van der Waals surface area contributed by atoms with Gasteiger partial charge in [-0.1, -0.05) is 30.9 Å². The molecule has 14 heavy (non-hydrogen) atoms. The Hall–Kier alpha value is -1.77. The van der Waals surface area contributed by atoms with E-state index in [0.29, 0.717) is 12.5 Å². The van der Waals surface area contributed by atoms with Gasteiger partial charge in [0.25, 0.3) is 5.90 Å². The van der Waals surface area contributed by atoms with Gasteiger partial charge in [-0.25, -0.2) is 0 Å². The Kier molecular flexibility index (Phi) is 4.27. The van der Waals surface area contributed by atoms with E-state index in [0.717, 1.165) is 5.56 Å². The molecule has 3 heteroatoms. The van der Waals surface area contributed by atoms with E-state index in [1.165, 1.54) is 7.11 Å². The maximum absolute atomic E-state index is 5.32. The number of ether oxygens (including phenoxy) is 1. The van der Waals surface area contributed by atoms with Gasteiger partial charge in [-0.05, 0) is 17.3 Å². The second-order valence-electron chi connectivity index (χ2n) is 2.54. The Balaban J connectivity index is 2.78. The Morgan fingerprint density at radius 3 is 2.71 bits per heavy atom. The van der Waals surface area contributed by atoms with Gasteiger partial charge in [0.15, 0.2) is 0 Å². The molecule has 1 aromatic carbocycles. The van der Waals surface area contributed by atoms with Gasteiger partial charge in [-0.2, -0.15) is 0 Å². The molecule has 0 unspecified atom stereocenters. The van der Waals surface area contributed by atoms with Crippen LogP contribution in [0.4, 0.5) is 0 Å². The van der Waals surface area contributed by atoms with E-state index in [1.807, 2.05) is 30.3 Å². The van der Waals surface area contributed by atoms with E-state index >= 15 is 0 Å². The lowest BCUT2D eigenvalue weighted by Crippen LogP contribution is -2.07. The standard InChI is InChI=1S/C11H13NO2/c1-3-9-14-11(12-13-2)10-7-5-4-6-8-10/h3-8H,1,9H2,2H3/b12-11-. The minimum atomic E-state index is 0.414. The maximum atomic E-state index is 5.32. The van der Waals surface area contributed by atoms with Gasteiger partial charge in [0, 0.05) is 5.56 Å². The summed E-state index contributed by atoms with van der Waals surface area (Å²) in [4.78, 5) is 4.68. The number of hydrogen-bond donors (Lipinski definition) is 0. The fourth-order valence-corrected chi connectivity index (χ4v) is 0.964. The van der Waals surface area contributed by atoms with Gasteiger partial charge in [0.05, 0.1) is 0 Å². The summed E-state index contributed by atoms with van der Waals surface area (Å²) in [6, 6.07) is 9.57. The van der Waals surface area contributed by atoms with Crippen LogP contribution in [0.3, 0.4) is 0 Å². The maximum Gasteiger partial charge on any atom is 0.257 e. The molecule has 0 radical (unpaired) electrons. The van der Waals surface area contributed by atoms with E-state index in [4.69, 9.17) is 4.74 Å². The average Bonchev–Trinajstić information content (AvgIpc) is 2.25. The van der Waals surface area contributed by atoms with E-state index in [9.17, 15) is 0 Å². The van der Waals surface area contributed by atoms with Crippen molar-refractivity contribution >= 4 is 5.90 Å². The Morgan fingerprint density at radius 2 is 2.14 bits per heavy atom. The minimum absolute atomic E-state index is 0.414. The molecule has 0 N–H and O–H groups in total. The highest BCUT2D eigenvalue weighted by molar-refractivity contribution is 5.93. The molecule has 0 amide bonds. The Morgan fingerprint density at radius 1 is 1.43 bits per heavy atom. The monoisotopic (exact) mass is 191 g/mol. The predicted octanol–water partition coefficient (Wildman–Crippen LogP) is 2.20. The Labute approximate surface area is 83.6 Å². The first-order valence-corrected chi connectivity index (χ1v) is 4.28. The molecule has 1 rings (SSSR count). The van der Waals surface area contributed by atoms with Crippen molar-refractivity contribution in [3.8, 4) is 0 Å². The number of benzene rings is 1. The first-order chi connectivity index (χ1) is 6.88. The Bertz CT molecular complexity index is 306. The zero-order valence-electron chi connectivity index (χ0n) is 8.14. The quantitative estimate of drug-likeness (QED) is 0.316. The highest BCUT2D eigenvalue weighted by atomic mass is 16.6. The van der Waals surface area contributed by atoms with Crippen molar-refractivity contribution in [3.05, 3.63) is 48.6 Å². The average molecular weight is 191 g/mol. The van der Waals surface area contributed by atoms with Crippen molar-refractivity contribution in [3.63, 3.8) is 0 Å². The van der Waals surface area contributed by atoms with Crippen LogP contribution in [0, 0.1) is 0 Å². The molecule has 0 aromatic heterocycles. The number of rotatable bonds is 4. The van der Waals surface area contributed by atoms with Crippen molar-refractivity contribution in [2.24, 2.45) is 5.16 Å². The first kappa shape index (κ1) is 10.3. The molecule has 0 spiro atoms. The fourth-order valence-electron chi connectivity index (χ4n) is 0.964. The van der Waals surface area contributed by atoms with Crippen LogP contribution in [-0.2, 0) is 9.57 Å². The van der Waals surface area contributed by atoms with E-state index in [-0.39, 0.29) is 0 Å². The van der Waals surface area contributed by atoms with Crippen LogP contribution in [0.2, 0.25) is 0 Å². The molecule has 74 valence electrons. The summed E-state index contributed by atoms with van der Waals surface area (Å²) < 4.78 is 5.32. The summed E-state index contributed by atoms with van der Waals surface area (Å²) in [5.74, 6) is 0.466. The smallest absolute Gasteiger partial charge is 0.257 e. The molecule has 0 fully saturated rings. The second kappa shape index (κ2) is 5.80. The topological polar surface area (TPSA) is 30.8 Å². The van der Waals surface area contributed by atoms with Crippen LogP contribution < -0.4 is 0 Å². The normalized spacial score (nSPS) is 10.8. The van der Waals surface area contributed by atoms with Crippen molar-refractivity contribution < 1.29 is 9.57 Å². The fraction of sp³-hybridized carbons (Fsp3) is 0.182. The van der Waals surface area contributed by atoms with Gasteiger partial charge in [0.2, 0.25) is 0 Å². The summed E-state index contributed by atoms with van der Waals surface area (Å²) >= 11 is 0. The number of hydrogen-bond acceptors (Lipinski definition) is 3. The van der Waals surface area contributed by atoms with E-state index in [1.54, 1.807) is 6.08 Å². The van der Waals surface area contributed by atoms with Gasteiger partial charge < -0.3 is 9.57 Å². The number of oxime groups is 1. The third kappa shape index (κ3) is 2.94. The summed E-state index contributed by atoms with van der Waals surface area (Å²) in [5, 5.41) is 3.78. The summed E-state index contributed by atoms with van der Waals surface area (Å²) in [6.07, 6.45) is 1.66. The lowest BCUT2D eigenvalue weighted by Gasteiger charge is -2.05. The molecule has 0 atom stereocenters. The third-order valence-corrected chi connectivity index (χ3v) is 1.53. The molecule has 3 nitrogen and oxygen atoms in total. The van der Waals surface area contributed by atoms with E-state index < -0.39 is 0 Å². The molecule has 0 aliphatic carbocycles. The van der Waals surface area contributed by atoms with Crippen LogP contribution in [-0.4, -0.2) is 19.6 Å². The van der Waals surface area contributed by atoms with Crippen LogP contribution >= 0.6 is 0 Å². The van der Waals surface area contributed by atoms with Crippen LogP contribution in [0.1, 0.15) is 5.56 Å². The van der Waals surface area contributed by atoms with Crippen LogP contribution in [0.15, 0.2) is 48.1 Å². The molecule has 1 aromatic rings. The molecular weight excluding hydrogens is 178 g/mol. The van der Waals surface area contributed by atoms with Gasteiger partial charge in [0.1, 0.15) is 13.7 Å². The molecule has 0 bridgehead atoms. The SMILES string of the molecule is C=CCO/C(=N\OC)c1ccccc1. The lowest BCUT2D eigenvalue weighted by atomic mass is 10.2. The van der Waals surface area contributed by atoms with Crippen molar-refractivity contribution in [2.45, 2.75) is 0 Å². The second-order valence-corrected chi connectivity index (χ2v) is 2.54. The predicted molar refractivity (Wildman–Crippen MR) is 56.1 cm³/mol. The van der Waals surface area contributed by atoms with Crippen LogP contribution in [0.25, 0.3) is 0 Å². The summed E-state index contributed by atoms with van der Waals surface area (Å²) in [6.45, 7) is 3.98. The lowest BCUT2D eigenvalue weighted by molar-refractivity contribution is 0.196.